The minimum absolute atomic E-state index is 0.0908. The van der Waals surface area contributed by atoms with E-state index in [-0.39, 0.29) is 25.0 Å². The van der Waals surface area contributed by atoms with Crippen LogP contribution in [0.2, 0.25) is 5.02 Å². The highest BCUT2D eigenvalue weighted by Crippen LogP contribution is 2.30. The van der Waals surface area contributed by atoms with E-state index in [1.54, 1.807) is 36.9 Å². The quantitative estimate of drug-likeness (QED) is 0.796. The average Bonchev–Trinajstić information content (AvgIpc) is 2.34. The lowest BCUT2D eigenvalue weighted by Gasteiger charge is -2.41. The number of piperazine rings is 1. The van der Waals surface area contributed by atoms with Crippen molar-refractivity contribution < 1.29 is 14.7 Å². The van der Waals surface area contributed by atoms with E-state index < -0.39 is 5.54 Å². The number of hydrogen-bond acceptors (Lipinski definition) is 4. The maximum Gasteiger partial charge on any atom is 0.251 e. The lowest BCUT2D eigenvalue weighted by molar-refractivity contribution is -0.135. The van der Waals surface area contributed by atoms with Gasteiger partial charge in [-0.3, -0.25) is 14.9 Å². The van der Waals surface area contributed by atoms with E-state index >= 15 is 0 Å². The van der Waals surface area contributed by atoms with Gasteiger partial charge in [-0.25, -0.2) is 0 Å². The van der Waals surface area contributed by atoms with Crippen LogP contribution in [0.1, 0.15) is 19.4 Å². The monoisotopic (exact) mass is 282 g/mol. The van der Waals surface area contributed by atoms with Gasteiger partial charge in [-0.05, 0) is 31.5 Å². The fraction of sp³-hybridized carbons (Fsp3) is 0.385. The molecular weight excluding hydrogens is 268 g/mol. The molecule has 0 unspecified atom stereocenters. The van der Waals surface area contributed by atoms with Crippen LogP contribution in [-0.2, 0) is 16.2 Å². The Labute approximate surface area is 116 Å². The van der Waals surface area contributed by atoms with Gasteiger partial charge in [-0.1, -0.05) is 17.7 Å². The first kappa shape index (κ1) is 13.8. The fourth-order valence-electron chi connectivity index (χ4n) is 2.03. The molecule has 2 N–H and O–H groups in total. The number of carbonyl (C=O) groups is 2. The topological polar surface area (TPSA) is 69.6 Å². The van der Waals surface area contributed by atoms with Crippen molar-refractivity contribution in [2.45, 2.75) is 26.0 Å². The molecule has 1 aliphatic rings. The van der Waals surface area contributed by atoms with E-state index in [2.05, 4.69) is 5.32 Å². The Bertz CT molecular complexity index is 543. The maximum absolute atomic E-state index is 11.9. The molecule has 102 valence electrons. The molecule has 19 heavy (non-hydrogen) atoms. The van der Waals surface area contributed by atoms with Gasteiger partial charge in [0.15, 0.2) is 0 Å². The van der Waals surface area contributed by atoms with Gasteiger partial charge in [0.2, 0.25) is 5.91 Å². The zero-order valence-electron chi connectivity index (χ0n) is 10.7. The number of halogens is 1. The summed E-state index contributed by atoms with van der Waals surface area (Å²) in [6.07, 6.45) is 0. The molecule has 0 spiro atoms. The van der Waals surface area contributed by atoms with E-state index in [4.69, 9.17) is 16.7 Å². The highest BCUT2D eigenvalue weighted by atomic mass is 35.5. The molecule has 2 rings (SSSR count). The van der Waals surface area contributed by atoms with Gasteiger partial charge in [0.1, 0.15) is 5.54 Å². The van der Waals surface area contributed by atoms with Gasteiger partial charge in [0.25, 0.3) is 5.91 Å². The SMILES string of the molecule is CC1(C)C(=O)NC(=O)CN1c1ccc(CO)c(Cl)c1. The zero-order valence-corrected chi connectivity index (χ0v) is 11.5. The first-order valence-corrected chi connectivity index (χ1v) is 6.25. The molecule has 6 heteroatoms. The average molecular weight is 283 g/mol. The first-order valence-electron chi connectivity index (χ1n) is 5.87. The number of aliphatic hydroxyl groups excluding tert-OH is 1. The molecule has 1 saturated heterocycles. The van der Waals surface area contributed by atoms with E-state index in [0.717, 1.165) is 0 Å². The van der Waals surface area contributed by atoms with E-state index in [0.29, 0.717) is 16.3 Å². The Morgan fingerprint density at radius 3 is 2.68 bits per heavy atom. The molecule has 0 aromatic heterocycles. The van der Waals surface area contributed by atoms with E-state index in [9.17, 15) is 9.59 Å². The summed E-state index contributed by atoms with van der Waals surface area (Å²) >= 11 is 6.04. The number of hydrogen-bond donors (Lipinski definition) is 2. The number of benzene rings is 1. The Balaban J connectivity index is 2.41. The first-order chi connectivity index (χ1) is 8.86. The summed E-state index contributed by atoms with van der Waals surface area (Å²) in [5, 5.41) is 11.8. The largest absolute Gasteiger partial charge is 0.392 e. The Hall–Kier alpha value is -1.59. The number of anilines is 1. The second-order valence-electron chi connectivity index (χ2n) is 4.96. The van der Waals surface area contributed by atoms with E-state index in [1.807, 2.05) is 0 Å². The number of nitrogens with zero attached hydrogens (tertiary/aromatic N) is 1. The van der Waals surface area contributed by atoms with Crippen molar-refractivity contribution in [1.82, 2.24) is 5.32 Å². The van der Waals surface area contributed by atoms with Gasteiger partial charge in [0, 0.05) is 10.7 Å². The number of carbonyl (C=O) groups excluding carboxylic acids is 2. The molecule has 2 amide bonds. The maximum atomic E-state index is 11.9. The van der Waals surface area contributed by atoms with Crippen LogP contribution in [0.15, 0.2) is 18.2 Å². The number of rotatable bonds is 2. The standard InChI is InChI=1S/C13H15ClN2O3/c1-13(2)12(19)15-11(18)6-16(13)9-4-3-8(7-17)10(14)5-9/h3-5,17H,6-7H2,1-2H3,(H,15,18,19). The predicted molar refractivity (Wildman–Crippen MR) is 71.9 cm³/mol. The van der Waals surface area contributed by atoms with Crippen LogP contribution in [0.25, 0.3) is 0 Å². The van der Waals surface area contributed by atoms with Gasteiger partial charge in [-0.15, -0.1) is 0 Å². The van der Waals surface area contributed by atoms with Gasteiger partial charge >= 0.3 is 0 Å². The Kier molecular flexibility index (Phi) is 3.52. The third kappa shape index (κ3) is 2.43. The molecule has 1 aliphatic heterocycles. The third-order valence-electron chi connectivity index (χ3n) is 3.30. The van der Waals surface area contributed by atoms with Gasteiger partial charge in [-0.2, -0.15) is 0 Å². The highest BCUT2D eigenvalue weighted by molar-refractivity contribution is 6.31. The molecule has 0 aliphatic carbocycles. The van der Waals surface area contributed by atoms with Gasteiger partial charge in [0.05, 0.1) is 13.2 Å². The second kappa shape index (κ2) is 4.83. The van der Waals surface area contributed by atoms with Crippen LogP contribution in [-0.4, -0.2) is 29.0 Å². The minimum atomic E-state index is -0.835. The summed E-state index contributed by atoms with van der Waals surface area (Å²) in [5.74, 6) is -0.683. The summed E-state index contributed by atoms with van der Waals surface area (Å²) < 4.78 is 0. The smallest absolute Gasteiger partial charge is 0.251 e. The van der Waals surface area contributed by atoms with Crippen LogP contribution in [0.5, 0.6) is 0 Å². The summed E-state index contributed by atoms with van der Waals surface area (Å²) in [6.45, 7) is 3.42. The molecule has 1 fully saturated rings. The minimum Gasteiger partial charge on any atom is -0.392 e. The predicted octanol–water partition coefficient (Wildman–Crippen LogP) is 1.07. The lowest BCUT2D eigenvalue weighted by atomic mass is 9.97. The summed E-state index contributed by atoms with van der Waals surface area (Å²) in [7, 11) is 0. The van der Waals surface area contributed by atoms with Crippen molar-refractivity contribution in [2.75, 3.05) is 11.4 Å². The van der Waals surface area contributed by atoms with Crippen molar-refractivity contribution in [2.24, 2.45) is 0 Å². The van der Waals surface area contributed by atoms with Crippen LogP contribution in [0, 0.1) is 0 Å². The van der Waals surface area contributed by atoms with Crippen LogP contribution >= 0.6 is 11.6 Å². The molecule has 0 atom stereocenters. The highest BCUT2D eigenvalue weighted by Gasteiger charge is 2.41. The number of amides is 2. The molecule has 5 nitrogen and oxygen atoms in total. The summed E-state index contributed by atoms with van der Waals surface area (Å²) in [6, 6.07) is 5.08. The second-order valence-corrected chi connectivity index (χ2v) is 5.36. The number of aliphatic hydroxyl groups is 1. The van der Waals surface area contributed by atoms with Crippen LogP contribution in [0.4, 0.5) is 5.69 Å². The molecule has 1 aromatic rings. The molecule has 0 saturated carbocycles. The van der Waals surface area contributed by atoms with Crippen molar-refractivity contribution in [3.05, 3.63) is 28.8 Å². The molecule has 0 bridgehead atoms. The normalized spacial score (nSPS) is 18.4. The third-order valence-corrected chi connectivity index (χ3v) is 3.66. The molecule has 1 heterocycles. The summed E-state index contributed by atoms with van der Waals surface area (Å²) in [5.41, 5.74) is 0.448. The zero-order chi connectivity index (χ0) is 14.2. The lowest BCUT2D eigenvalue weighted by Crippen LogP contribution is -2.64. The van der Waals surface area contributed by atoms with Crippen molar-refractivity contribution in [3.8, 4) is 0 Å². The van der Waals surface area contributed by atoms with Gasteiger partial charge < -0.3 is 10.0 Å². The fourth-order valence-corrected chi connectivity index (χ4v) is 2.26. The molecule has 1 aromatic carbocycles. The Morgan fingerprint density at radius 2 is 2.11 bits per heavy atom. The van der Waals surface area contributed by atoms with Crippen molar-refractivity contribution >= 4 is 29.1 Å². The van der Waals surface area contributed by atoms with Crippen molar-refractivity contribution in [1.29, 1.82) is 0 Å². The van der Waals surface area contributed by atoms with E-state index in [1.165, 1.54) is 0 Å². The Morgan fingerprint density at radius 1 is 1.42 bits per heavy atom. The number of nitrogens with one attached hydrogen (secondary N) is 1. The van der Waals surface area contributed by atoms with Crippen molar-refractivity contribution in [3.63, 3.8) is 0 Å². The molecule has 0 radical (unpaired) electrons. The molecular formula is C13H15ClN2O3. The summed E-state index contributed by atoms with van der Waals surface area (Å²) in [4.78, 5) is 25.1. The number of imide groups is 1. The van der Waals surface area contributed by atoms with Crippen LogP contribution < -0.4 is 10.2 Å². The van der Waals surface area contributed by atoms with Crippen LogP contribution in [0.3, 0.4) is 0 Å².